The molecule has 7 nitrogen and oxygen atoms in total. The van der Waals surface area contributed by atoms with Gasteiger partial charge in [0.05, 0.1) is 33.0 Å². The fraction of sp³-hybridized carbons (Fsp3) is 0.583. The third kappa shape index (κ3) is 3.53. The molecule has 0 aromatic carbocycles. The number of hydrogen-bond donors (Lipinski definition) is 1. The normalized spacial score (nSPS) is 18.6. The van der Waals surface area contributed by atoms with Crippen molar-refractivity contribution < 1.29 is 23.8 Å². The number of anilines is 1. The van der Waals surface area contributed by atoms with E-state index in [0.717, 1.165) is 11.3 Å². The lowest BCUT2D eigenvalue weighted by Gasteiger charge is -2.22. The van der Waals surface area contributed by atoms with Crippen molar-refractivity contribution >= 4 is 28.2 Å². The van der Waals surface area contributed by atoms with Gasteiger partial charge in [-0.05, 0) is 0 Å². The second-order valence-corrected chi connectivity index (χ2v) is 5.19. The number of rotatable bonds is 5. The van der Waals surface area contributed by atoms with Crippen molar-refractivity contribution in [2.45, 2.75) is 13.0 Å². The van der Waals surface area contributed by atoms with Crippen molar-refractivity contribution in [3.63, 3.8) is 0 Å². The molecule has 2 rings (SSSR count). The number of nitrogens with zero attached hydrogens (tertiary/aromatic N) is 1. The SMILES string of the molecule is COC(=O)c1nc(NCC2COCCO2)sc1C(C)=O. The zero-order chi connectivity index (χ0) is 14.5. The standard InChI is InChI=1S/C12H16N2O5S/c1-7(15)10-9(11(16)17-2)14-12(20-10)13-5-8-6-18-3-4-19-8/h8H,3-6H2,1-2H3,(H,13,14). The van der Waals surface area contributed by atoms with E-state index in [2.05, 4.69) is 15.0 Å². The van der Waals surface area contributed by atoms with Gasteiger partial charge in [-0.2, -0.15) is 0 Å². The molecule has 1 aliphatic rings. The van der Waals surface area contributed by atoms with E-state index in [0.29, 0.717) is 36.4 Å². The summed E-state index contributed by atoms with van der Waals surface area (Å²) in [5, 5.41) is 3.54. The van der Waals surface area contributed by atoms with Crippen molar-refractivity contribution in [2.75, 3.05) is 38.8 Å². The molecule has 1 fully saturated rings. The van der Waals surface area contributed by atoms with Crippen molar-refractivity contribution in [1.29, 1.82) is 0 Å². The number of thiazole rings is 1. The highest BCUT2D eigenvalue weighted by Gasteiger charge is 2.22. The van der Waals surface area contributed by atoms with Crippen LogP contribution in [-0.4, -0.2) is 56.3 Å². The van der Waals surface area contributed by atoms with Crippen LogP contribution in [0, 0.1) is 0 Å². The van der Waals surface area contributed by atoms with Gasteiger partial charge in [0, 0.05) is 13.5 Å². The summed E-state index contributed by atoms with van der Waals surface area (Å²) in [5.41, 5.74) is 0.0494. The van der Waals surface area contributed by atoms with Crippen LogP contribution in [0.4, 0.5) is 5.13 Å². The fourth-order valence-electron chi connectivity index (χ4n) is 1.72. The van der Waals surface area contributed by atoms with E-state index >= 15 is 0 Å². The fourth-order valence-corrected chi connectivity index (χ4v) is 2.58. The second-order valence-electron chi connectivity index (χ2n) is 4.19. The first-order chi connectivity index (χ1) is 9.61. The largest absolute Gasteiger partial charge is 0.464 e. The molecular weight excluding hydrogens is 284 g/mol. The molecule has 0 aliphatic carbocycles. The Balaban J connectivity index is 2.04. The van der Waals surface area contributed by atoms with E-state index in [-0.39, 0.29) is 17.6 Å². The van der Waals surface area contributed by atoms with E-state index in [9.17, 15) is 9.59 Å². The van der Waals surface area contributed by atoms with Gasteiger partial charge < -0.3 is 19.5 Å². The van der Waals surface area contributed by atoms with Crippen LogP contribution >= 0.6 is 11.3 Å². The third-order valence-corrected chi connectivity index (χ3v) is 3.81. The molecule has 1 aliphatic heterocycles. The molecule has 0 radical (unpaired) electrons. The summed E-state index contributed by atoms with van der Waals surface area (Å²) in [5.74, 6) is -0.829. The molecule has 1 saturated heterocycles. The Morgan fingerprint density at radius 3 is 2.90 bits per heavy atom. The Labute approximate surface area is 120 Å². The second kappa shape index (κ2) is 6.78. The van der Waals surface area contributed by atoms with Crippen molar-refractivity contribution in [3.8, 4) is 0 Å². The number of ether oxygens (including phenoxy) is 3. The van der Waals surface area contributed by atoms with Crippen molar-refractivity contribution in [3.05, 3.63) is 10.6 Å². The summed E-state index contributed by atoms with van der Waals surface area (Å²) >= 11 is 1.13. The maximum Gasteiger partial charge on any atom is 0.358 e. The van der Waals surface area contributed by atoms with Gasteiger partial charge in [0.1, 0.15) is 4.88 Å². The molecule has 0 spiro atoms. The molecule has 1 aromatic heterocycles. The van der Waals surface area contributed by atoms with Crippen LogP contribution in [-0.2, 0) is 14.2 Å². The van der Waals surface area contributed by atoms with Crippen molar-refractivity contribution in [1.82, 2.24) is 4.98 Å². The lowest BCUT2D eigenvalue weighted by Crippen LogP contribution is -2.34. The number of ketones is 1. The molecule has 110 valence electrons. The number of nitrogens with one attached hydrogen (secondary N) is 1. The highest BCUT2D eigenvalue weighted by atomic mass is 32.1. The summed E-state index contributed by atoms with van der Waals surface area (Å²) in [4.78, 5) is 27.4. The van der Waals surface area contributed by atoms with Gasteiger partial charge in [0.25, 0.3) is 0 Å². The van der Waals surface area contributed by atoms with Crippen LogP contribution in [0.15, 0.2) is 0 Å². The zero-order valence-corrected chi connectivity index (χ0v) is 12.1. The monoisotopic (exact) mass is 300 g/mol. The maximum atomic E-state index is 11.6. The summed E-state index contributed by atoms with van der Waals surface area (Å²) in [6.45, 7) is 3.58. The first-order valence-corrected chi connectivity index (χ1v) is 6.96. The van der Waals surface area contributed by atoms with Crippen LogP contribution in [0.5, 0.6) is 0 Å². The number of carbonyl (C=O) groups is 2. The van der Waals surface area contributed by atoms with Crippen LogP contribution in [0.25, 0.3) is 0 Å². The minimum absolute atomic E-state index is 0.0494. The first kappa shape index (κ1) is 14.9. The minimum atomic E-state index is -0.614. The summed E-state index contributed by atoms with van der Waals surface area (Å²) in [6, 6.07) is 0. The van der Waals surface area contributed by atoms with E-state index < -0.39 is 5.97 Å². The number of Topliss-reactive ketones (excluding diaryl/α,β-unsaturated/α-hetero) is 1. The molecular formula is C12H16N2O5S. The lowest BCUT2D eigenvalue weighted by molar-refractivity contribution is -0.0818. The average Bonchev–Trinajstić information content (AvgIpc) is 2.90. The van der Waals surface area contributed by atoms with Crippen LogP contribution in [0.1, 0.15) is 27.1 Å². The molecule has 1 N–H and O–H groups in total. The van der Waals surface area contributed by atoms with Gasteiger partial charge in [0.2, 0.25) is 0 Å². The van der Waals surface area contributed by atoms with Gasteiger partial charge in [-0.3, -0.25) is 4.79 Å². The Bertz CT molecular complexity index is 496. The number of hydrogen-bond acceptors (Lipinski definition) is 8. The molecule has 8 heteroatoms. The number of esters is 1. The molecule has 0 bridgehead atoms. The van der Waals surface area contributed by atoms with Gasteiger partial charge in [-0.15, -0.1) is 0 Å². The van der Waals surface area contributed by atoms with E-state index in [1.165, 1.54) is 14.0 Å². The Kier molecular flexibility index (Phi) is 5.05. The topological polar surface area (TPSA) is 86.8 Å². The molecule has 20 heavy (non-hydrogen) atoms. The minimum Gasteiger partial charge on any atom is -0.464 e. The number of methoxy groups -OCH3 is 1. The third-order valence-electron chi connectivity index (χ3n) is 2.69. The van der Waals surface area contributed by atoms with Gasteiger partial charge >= 0.3 is 5.97 Å². The molecule has 1 unspecified atom stereocenters. The quantitative estimate of drug-likeness (QED) is 0.640. The van der Waals surface area contributed by atoms with Gasteiger partial charge in [-0.1, -0.05) is 11.3 Å². The summed E-state index contributed by atoms with van der Waals surface area (Å²) < 4.78 is 15.4. The van der Waals surface area contributed by atoms with Gasteiger partial charge in [0.15, 0.2) is 16.6 Å². The van der Waals surface area contributed by atoms with E-state index in [1.54, 1.807) is 0 Å². The van der Waals surface area contributed by atoms with E-state index in [4.69, 9.17) is 9.47 Å². The van der Waals surface area contributed by atoms with Crippen LogP contribution < -0.4 is 5.32 Å². The predicted octanol–water partition coefficient (Wildman–Crippen LogP) is 0.960. The smallest absolute Gasteiger partial charge is 0.358 e. The number of carbonyl (C=O) groups excluding carboxylic acids is 2. The van der Waals surface area contributed by atoms with Crippen LogP contribution in [0.2, 0.25) is 0 Å². The molecule has 0 amide bonds. The molecule has 1 atom stereocenters. The first-order valence-electron chi connectivity index (χ1n) is 6.15. The maximum absolute atomic E-state index is 11.6. The summed E-state index contributed by atoms with van der Waals surface area (Å²) in [7, 11) is 1.26. The molecule has 0 saturated carbocycles. The van der Waals surface area contributed by atoms with Gasteiger partial charge in [-0.25, -0.2) is 9.78 Å². The van der Waals surface area contributed by atoms with Crippen molar-refractivity contribution in [2.24, 2.45) is 0 Å². The Morgan fingerprint density at radius 1 is 1.50 bits per heavy atom. The van der Waals surface area contributed by atoms with Crippen LogP contribution in [0.3, 0.4) is 0 Å². The highest BCUT2D eigenvalue weighted by Crippen LogP contribution is 2.24. The lowest BCUT2D eigenvalue weighted by atomic mass is 10.3. The molecule has 2 heterocycles. The average molecular weight is 300 g/mol. The number of aromatic nitrogens is 1. The molecule has 1 aromatic rings. The Hall–Kier alpha value is -1.51. The predicted molar refractivity (Wildman–Crippen MR) is 72.5 cm³/mol. The zero-order valence-electron chi connectivity index (χ0n) is 11.3. The highest BCUT2D eigenvalue weighted by molar-refractivity contribution is 7.17. The summed E-state index contributed by atoms with van der Waals surface area (Å²) in [6.07, 6.45) is -0.0602. The van der Waals surface area contributed by atoms with E-state index in [1.807, 2.05) is 0 Å². The Morgan fingerprint density at radius 2 is 2.30 bits per heavy atom.